The summed E-state index contributed by atoms with van der Waals surface area (Å²) in [6.07, 6.45) is 0. The number of nitrogens with zero attached hydrogens (tertiary/aromatic N) is 2. The van der Waals surface area contributed by atoms with Gasteiger partial charge in [-0.05, 0) is 0 Å². The van der Waals surface area contributed by atoms with Gasteiger partial charge in [-0.15, -0.1) is 0 Å². The van der Waals surface area contributed by atoms with E-state index in [0.29, 0.717) is 13.1 Å². The highest BCUT2D eigenvalue weighted by Gasteiger charge is 2.28. The summed E-state index contributed by atoms with van der Waals surface area (Å²) in [5.74, 6) is 0. The Labute approximate surface area is 60.6 Å². The van der Waals surface area contributed by atoms with Gasteiger partial charge in [-0.25, -0.2) is 4.79 Å². The van der Waals surface area contributed by atoms with Gasteiger partial charge in [-0.2, -0.15) is 0 Å². The summed E-state index contributed by atoms with van der Waals surface area (Å²) in [6.45, 7) is 1.41. The van der Waals surface area contributed by atoms with E-state index in [1.54, 1.807) is 23.9 Å². The second-order valence-electron chi connectivity index (χ2n) is 2.84. The Bertz CT molecular complexity index is 140. The Morgan fingerprint density at radius 3 is 2.40 bits per heavy atom. The summed E-state index contributed by atoms with van der Waals surface area (Å²) in [7, 11) is 3.48. The molecule has 0 aromatic rings. The van der Waals surface area contributed by atoms with Crippen LogP contribution >= 0.6 is 0 Å². The molecule has 1 heterocycles. The lowest BCUT2D eigenvalue weighted by molar-refractivity contribution is 0.129. The molecule has 1 aliphatic rings. The maximum atomic E-state index is 11.1. The van der Waals surface area contributed by atoms with Crippen molar-refractivity contribution in [2.45, 2.75) is 6.04 Å². The molecular formula is C6H13N3O. The van der Waals surface area contributed by atoms with Crippen molar-refractivity contribution >= 4 is 6.03 Å². The van der Waals surface area contributed by atoms with Gasteiger partial charge in [0, 0.05) is 33.2 Å². The molecule has 1 rings (SSSR count). The minimum Gasteiger partial charge on any atom is -0.331 e. The third-order valence-electron chi connectivity index (χ3n) is 1.56. The molecule has 0 spiro atoms. The molecule has 0 bridgehead atoms. The van der Waals surface area contributed by atoms with Crippen LogP contribution in [0.2, 0.25) is 0 Å². The van der Waals surface area contributed by atoms with Crippen LogP contribution in [0, 0.1) is 0 Å². The van der Waals surface area contributed by atoms with Crippen molar-refractivity contribution in [1.82, 2.24) is 9.80 Å². The number of carbonyl (C=O) groups excluding carboxylic acids is 1. The Morgan fingerprint density at radius 1 is 1.60 bits per heavy atom. The molecular weight excluding hydrogens is 130 g/mol. The first-order chi connectivity index (χ1) is 4.61. The van der Waals surface area contributed by atoms with Crippen LogP contribution in [0.25, 0.3) is 0 Å². The molecule has 0 saturated carbocycles. The van der Waals surface area contributed by atoms with Crippen molar-refractivity contribution in [2.75, 3.05) is 27.2 Å². The maximum Gasteiger partial charge on any atom is 0.319 e. The van der Waals surface area contributed by atoms with E-state index in [-0.39, 0.29) is 12.1 Å². The summed E-state index contributed by atoms with van der Waals surface area (Å²) in [6, 6.07) is 0.255. The summed E-state index contributed by atoms with van der Waals surface area (Å²) in [5.41, 5.74) is 5.49. The molecule has 0 aliphatic carbocycles. The first kappa shape index (κ1) is 7.34. The van der Waals surface area contributed by atoms with Crippen LogP contribution in [0.4, 0.5) is 4.79 Å². The smallest absolute Gasteiger partial charge is 0.319 e. The maximum absolute atomic E-state index is 11.1. The normalized spacial score (nSPS) is 18.5. The minimum absolute atomic E-state index is 0.0571. The summed E-state index contributed by atoms with van der Waals surface area (Å²) in [5, 5.41) is 0. The third-order valence-corrected chi connectivity index (χ3v) is 1.56. The van der Waals surface area contributed by atoms with E-state index in [9.17, 15) is 4.79 Å². The van der Waals surface area contributed by atoms with E-state index in [0.717, 1.165) is 0 Å². The van der Waals surface area contributed by atoms with E-state index < -0.39 is 0 Å². The van der Waals surface area contributed by atoms with Gasteiger partial charge in [-0.1, -0.05) is 0 Å². The van der Waals surface area contributed by atoms with Gasteiger partial charge in [0.2, 0.25) is 0 Å². The first-order valence-electron chi connectivity index (χ1n) is 3.33. The van der Waals surface area contributed by atoms with Crippen molar-refractivity contribution in [3.05, 3.63) is 0 Å². The quantitative estimate of drug-likeness (QED) is 0.488. The Kier molecular flexibility index (Phi) is 1.80. The SMILES string of the molecule is CN(C)C(=O)N1CC(N)C1. The van der Waals surface area contributed by atoms with Crippen LogP contribution in [-0.2, 0) is 0 Å². The minimum atomic E-state index is 0.0571. The first-order valence-corrected chi connectivity index (χ1v) is 3.33. The van der Waals surface area contributed by atoms with Crippen molar-refractivity contribution in [3.63, 3.8) is 0 Å². The van der Waals surface area contributed by atoms with Gasteiger partial charge >= 0.3 is 6.03 Å². The largest absolute Gasteiger partial charge is 0.331 e. The third kappa shape index (κ3) is 1.21. The number of urea groups is 1. The van der Waals surface area contributed by atoms with Gasteiger partial charge in [0.25, 0.3) is 0 Å². The molecule has 0 aromatic carbocycles. The molecule has 1 fully saturated rings. The number of likely N-dealkylation sites (tertiary alicyclic amines) is 1. The van der Waals surface area contributed by atoms with Gasteiger partial charge in [-0.3, -0.25) is 0 Å². The van der Waals surface area contributed by atoms with Gasteiger partial charge < -0.3 is 15.5 Å². The molecule has 58 valence electrons. The molecule has 4 nitrogen and oxygen atoms in total. The molecule has 0 radical (unpaired) electrons. The lowest BCUT2D eigenvalue weighted by Gasteiger charge is -2.38. The highest BCUT2D eigenvalue weighted by atomic mass is 16.2. The molecule has 10 heavy (non-hydrogen) atoms. The number of rotatable bonds is 0. The lowest BCUT2D eigenvalue weighted by atomic mass is 10.1. The van der Waals surface area contributed by atoms with Crippen LogP contribution in [-0.4, -0.2) is 49.1 Å². The van der Waals surface area contributed by atoms with E-state index in [2.05, 4.69) is 0 Å². The topological polar surface area (TPSA) is 49.6 Å². The van der Waals surface area contributed by atoms with E-state index in [1.165, 1.54) is 0 Å². The highest BCUT2D eigenvalue weighted by molar-refractivity contribution is 5.74. The second kappa shape index (κ2) is 2.46. The number of nitrogens with two attached hydrogens (primary N) is 1. The number of hydrogen-bond acceptors (Lipinski definition) is 2. The van der Waals surface area contributed by atoms with Crippen LogP contribution < -0.4 is 5.73 Å². The van der Waals surface area contributed by atoms with Gasteiger partial charge in [0.05, 0.1) is 0 Å². The fourth-order valence-electron chi connectivity index (χ4n) is 0.952. The summed E-state index contributed by atoms with van der Waals surface area (Å²) in [4.78, 5) is 14.4. The fraction of sp³-hybridized carbons (Fsp3) is 0.833. The van der Waals surface area contributed by atoms with Gasteiger partial charge in [0.15, 0.2) is 0 Å². The zero-order valence-electron chi connectivity index (χ0n) is 6.37. The number of amides is 2. The highest BCUT2D eigenvalue weighted by Crippen LogP contribution is 2.06. The average Bonchev–Trinajstić information content (AvgIpc) is 1.79. The second-order valence-corrected chi connectivity index (χ2v) is 2.84. The average molecular weight is 143 g/mol. The summed E-state index contributed by atoms with van der Waals surface area (Å²) < 4.78 is 0. The zero-order chi connectivity index (χ0) is 7.72. The molecule has 1 aliphatic heterocycles. The van der Waals surface area contributed by atoms with Crippen molar-refractivity contribution in [2.24, 2.45) is 5.73 Å². The molecule has 0 atom stereocenters. The van der Waals surface area contributed by atoms with E-state index in [4.69, 9.17) is 5.73 Å². The van der Waals surface area contributed by atoms with Crippen molar-refractivity contribution < 1.29 is 4.79 Å². The number of hydrogen-bond donors (Lipinski definition) is 1. The van der Waals surface area contributed by atoms with E-state index >= 15 is 0 Å². The molecule has 0 unspecified atom stereocenters. The molecule has 4 heteroatoms. The lowest BCUT2D eigenvalue weighted by Crippen LogP contribution is -2.59. The molecule has 0 aromatic heterocycles. The van der Waals surface area contributed by atoms with Crippen LogP contribution in [0.1, 0.15) is 0 Å². The molecule has 2 N–H and O–H groups in total. The standard InChI is InChI=1S/C6H13N3O/c1-8(2)6(10)9-3-5(7)4-9/h5H,3-4,7H2,1-2H3. The molecule has 2 amide bonds. The molecule has 1 saturated heterocycles. The monoisotopic (exact) mass is 143 g/mol. The van der Waals surface area contributed by atoms with Crippen LogP contribution in [0.3, 0.4) is 0 Å². The fourth-order valence-corrected chi connectivity index (χ4v) is 0.952. The number of carbonyl (C=O) groups is 1. The van der Waals surface area contributed by atoms with Crippen LogP contribution in [0.15, 0.2) is 0 Å². The Morgan fingerprint density at radius 2 is 2.10 bits per heavy atom. The zero-order valence-corrected chi connectivity index (χ0v) is 6.37. The Hall–Kier alpha value is -0.770. The van der Waals surface area contributed by atoms with Crippen molar-refractivity contribution in [3.8, 4) is 0 Å². The van der Waals surface area contributed by atoms with Crippen LogP contribution in [0.5, 0.6) is 0 Å². The predicted octanol–water partition coefficient (Wildman–Crippen LogP) is -0.689. The summed E-state index contributed by atoms with van der Waals surface area (Å²) >= 11 is 0. The van der Waals surface area contributed by atoms with Gasteiger partial charge in [0.1, 0.15) is 0 Å². The van der Waals surface area contributed by atoms with Crippen molar-refractivity contribution in [1.29, 1.82) is 0 Å². The van der Waals surface area contributed by atoms with E-state index in [1.807, 2.05) is 0 Å². The predicted molar refractivity (Wildman–Crippen MR) is 38.6 cm³/mol. The Balaban J connectivity index is 2.31.